The van der Waals surface area contributed by atoms with Crippen LogP contribution in [0.4, 0.5) is 4.39 Å². The number of hydrogen-bond acceptors (Lipinski definition) is 5. The van der Waals surface area contributed by atoms with Crippen LogP contribution in [0, 0.1) is 5.82 Å². The minimum atomic E-state index is -0.879. The Morgan fingerprint density at radius 1 is 1.50 bits per heavy atom. The topological polar surface area (TPSA) is 67.8 Å². The van der Waals surface area contributed by atoms with Gasteiger partial charge in [0.25, 0.3) is 0 Å². The molecular formula is C10H12FNO4. The number of carbonyl (C=O) groups is 1. The molecule has 0 radical (unpaired) electrons. The van der Waals surface area contributed by atoms with Crippen LogP contribution in [0.25, 0.3) is 0 Å². The zero-order valence-electron chi connectivity index (χ0n) is 8.91. The van der Waals surface area contributed by atoms with Crippen LogP contribution in [-0.2, 0) is 16.1 Å². The summed E-state index contributed by atoms with van der Waals surface area (Å²) in [7, 11) is 2.57. The summed E-state index contributed by atoms with van der Waals surface area (Å²) >= 11 is 0. The second kappa shape index (κ2) is 5.43. The Labute approximate surface area is 91.7 Å². The van der Waals surface area contributed by atoms with Crippen LogP contribution in [0.15, 0.2) is 12.1 Å². The molecule has 2 N–H and O–H groups in total. The summed E-state index contributed by atoms with van der Waals surface area (Å²) in [5.74, 6) is -2.39. The highest BCUT2D eigenvalue weighted by molar-refractivity contribution is 5.92. The van der Waals surface area contributed by atoms with E-state index >= 15 is 0 Å². The molecule has 5 nitrogen and oxygen atoms in total. The lowest BCUT2D eigenvalue weighted by Gasteiger charge is -2.07. The summed E-state index contributed by atoms with van der Waals surface area (Å²) in [6.45, 7) is 0.206. The summed E-state index contributed by atoms with van der Waals surface area (Å²) in [5.41, 5.74) is 2.74. The Morgan fingerprint density at radius 2 is 2.19 bits per heavy atom. The van der Waals surface area contributed by atoms with Gasteiger partial charge in [-0.2, -0.15) is 5.48 Å². The fourth-order valence-corrected chi connectivity index (χ4v) is 1.18. The first kappa shape index (κ1) is 12.4. The third-order valence-corrected chi connectivity index (χ3v) is 1.95. The molecule has 6 heteroatoms. The smallest absolute Gasteiger partial charge is 0.341 e. The number of phenolic OH excluding ortho intramolecular Hbond substituents is 1. The fraction of sp³-hybridized carbons (Fsp3) is 0.300. The predicted molar refractivity (Wildman–Crippen MR) is 53.3 cm³/mol. The molecule has 1 aromatic carbocycles. The van der Waals surface area contributed by atoms with Gasteiger partial charge < -0.3 is 14.7 Å². The van der Waals surface area contributed by atoms with Crippen molar-refractivity contribution in [1.82, 2.24) is 5.48 Å². The molecule has 0 saturated carbocycles. The Kier molecular flexibility index (Phi) is 4.21. The molecule has 0 aromatic heterocycles. The maximum Gasteiger partial charge on any atom is 0.341 e. The van der Waals surface area contributed by atoms with Crippen LogP contribution >= 0.6 is 0 Å². The molecule has 16 heavy (non-hydrogen) atoms. The Balaban J connectivity index is 3.06. The lowest BCUT2D eigenvalue weighted by Crippen LogP contribution is -2.12. The molecule has 0 amide bonds. The molecule has 0 heterocycles. The van der Waals surface area contributed by atoms with Crippen LogP contribution in [0.5, 0.6) is 5.75 Å². The Hall–Kier alpha value is -1.66. The van der Waals surface area contributed by atoms with Gasteiger partial charge in [0.05, 0.1) is 14.2 Å². The van der Waals surface area contributed by atoms with E-state index < -0.39 is 17.5 Å². The van der Waals surface area contributed by atoms with E-state index in [1.54, 1.807) is 0 Å². The molecule has 1 aromatic rings. The number of phenols is 1. The van der Waals surface area contributed by atoms with E-state index in [4.69, 9.17) is 0 Å². The summed E-state index contributed by atoms with van der Waals surface area (Å²) < 4.78 is 17.7. The minimum Gasteiger partial charge on any atom is -0.504 e. The highest BCUT2D eigenvalue weighted by Crippen LogP contribution is 2.23. The van der Waals surface area contributed by atoms with Crippen molar-refractivity contribution in [3.63, 3.8) is 0 Å². The SMILES string of the molecule is CONCc1cc(F)c(O)c(C(=O)OC)c1. The van der Waals surface area contributed by atoms with Crippen molar-refractivity contribution in [2.75, 3.05) is 14.2 Å². The molecule has 0 unspecified atom stereocenters. The lowest BCUT2D eigenvalue weighted by molar-refractivity contribution is 0.0595. The first-order valence-electron chi connectivity index (χ1n) is 4.45. The quantitative estimate of drug-likeness (QED) is 0.594. The number of esters is 1. The van der Waals surface area contributed by atoms with Crippen molar-refractivity contribution in [1.29, 1.82) is 0 Å². The van der Waals surface area contributed by atoms with E-state index in [2.05, 4.69) is 15.1 Å². The zero-order valence-corrected chi connectivity index (χ0v) is 8.91. The molecule has 0 spiro atoms. The molecule has 1 rings (SSSR count). The van der Waals surface area contributed by atoms with Crippen molar-refractivity contribution in [3.8, 4) is 5.75 Å². The van der Waals surface area contributed by atoms with Crippen molar-refractivity contribution in [3.05, 3.63) is 29.1 Å². The number of carbonyl (C=O) groups excluding carboxylic acids is 1. The predicted octanol–water partition coefficient (Wildman–Crippen LogP) is 0.969. The van der Waals surface area contributed by atoms with Crippen LogP contribution in [0.3, 0.4) is 0 Å². The normalized spacial score (nSPS) is 10.2. The Bertz CT molecular complexity index is 395. The second-order valence-corrected chi connectivity index (χ2v) is 2.99. The van der Waals surface area contributed by atoms with Crippen molar-refractivity contribution in [2.24, 2.45) is 0 Å². The molecule has 0 atom stereocenters. The van der Waals surface area contributed by atoms with Gasteiger partial charge >= 0.3 is 5.97 Å². The average Bonchev–Trinajstić information content (AvgIpc) is 2.29. The minimum absolute atomic E-state index is 0.206. The van der Waals surface area contributed by atoms with E-state index in [1.807, 2.05) is 0 Å². The highest BCUT2D eigenvalue weighted by Gasteiger charge is 2.16. The zero-order chi connectivity index (χ0) is 12.1. The molecular weight excluding hydrogens is 217 g/mol. The number of hydroxylamine groups is 1. The van der Waals surface area contributed by atoms with E-state index in [9.17, 15) is 14.3 Å². The van der Waals surface area contributed by atoms with E-state index in [1.165, 1.54) is 13.2 Å². The molecule has 0 fully saturated rings. The van der Waals surface area contributed by atoms with Gasteiger partial charge in [0.15, 0.2) is 11.6 Å². The second-order valence-electron chi connectivity index (χ2n) is 2.99. The van der Waals surface area contributed by atoms with Gasteiger partial charge in [0.1, 0.15) is 5.56 Å². The standard InChI is InChI=1S/C10H12FNO4/c1-15-10(14)7-3-6(5-12-16-2)4-8(11)9(7)13/h3-4,12-13H,5H2,1-2H3. The van der Waals surface area contributed by atoms with Gasteiger partial charge in [-0.05, 0) is 17.7 Å². The lowest BCUT2D eigenvalue weighted by atomic mass is 10.1. The molecule has 0 bridgehead atoms. The molecule has 0 aliphatic heterocycles. The highest BCUT2D eigenvalue weighted by atomic mass is 19.1. The van der Waals surface area contributed by atoms with Crippen LogP contribution in [0.2, 0.25) is 0 Å². The van der Waals surface area contributed by atoms with Gasteiger partial charge in [-0.3, -0.25) is 0 Å². The first-order chi connectivity index (χ1) is 7.60. The van der Waals surface area contributed by atoms with Gasteiger partial charge in [0.2, 0.25) is 0 Å². The number of halogens is 1. The largest absolute Gasteiger partial charge is 0.504 e. The number of benzene rings is 1. The number of rotatable bonds is 4. The number of methoxy groups -OCH3 is 1. The number of ether oxygens (including phenoxy) is 1. The van der Waals surface area contributed by atoms with Crippen molar-refractivity contribution >= 4 is 5.97 Å². The van der Waals surface area contributed by atoms with Gasteiger partial charge in [0, 0.05) is 6.54 Å². The van der Waals surface area contributed by atoms with Crippen molar-refractivity contribution in [2.45, 2.75) is 6.54 Å². The van der Waals surface area contributed by atoms with Crippen LogP contribution in [0.1, 0.15) is 15.9 Å². The molecule has 0 saturated heterocycles. The average molecular weight is 229 g/mol. The van der Waals surface area contributed by atoms with E-state index in [0.717, 1.165) is 13.2 Å². The van der Waals surface area contributed by atoms with E-state index in [0.29, 0.717) is 5.56 Å². The molecule has 88 valence electrons. The molecule has 0 aliphatic carbocycles. The van der Waals surface area contributed by atoms with Gasteiger partial charge in [-0.25, -0.2) is 9.18 Å². The van der Waals surface area contributed by atoms with Crippen LogP contribution in [-0.4, -0.2) is 25.3 Å². The van der Waals surface area contributed by atoms with Crippen molar-refractivity contribution < 1.29 is 23.9 Å². The third-order valence-electron chi connectivity index (χ3n) is 1.95. The van der Waals surface area contributed by atoms with Gasteiger partial charge in [-0.1, -0.05) is 0 Å². The summed E-state index contributed by atoms with van der Waals surface area (Å²) in [4.78, 5) is 15.8. The summed E-state index contributed by atoms with van der Waals surface area (Å²) in [6.07, 6.45) is 0. The maximum absolute atomic E-state index is 13.2. The summed E-state index contributed by atoms with van der Waals surface area (Å²) in [5, 5.41) is 9.32. The maximum atomic E-state index is 13.2. The summed E-state index contributed by atoms with van der Waals surface area (Å²) in [6, 6.07) is 2.43. The molecule has 0 aliphatic rings. The monoisotopic (exact) mass is 229 g/mol. The number of aromatic hydroxyl groups is 1. The van der Waals surface area contributed by atoms with E-state index in [-0.39, 0.29) is 12.1 Å². The number of nitrogens with one attached hydrogen (secondary N) is 1. The van der Waals surface area contributed by atoms with Crippen LogP contribution < -0.4 is 5.48 Å². The third kappa shape index (κ3) is 2.68. The van der Waals surface area contributed by atoms with Gasteiger partial charge in [-0.15, -0.1) is 0 Å². The first-order valence-corrected chi connectivity index (χ1v) is 4.45. The fourth-order valence-electron chi connectivity index (χ4n) is 1.18. The number of hydrogen-bond donors (Lipinski definition) is 2. The Morgan fingerprint density at radius 3 is 2.75 bits per heavy atom.